The highest BCUT2D eigenvalue weighted by molar-refractivity contribution is 5.92. The van der Waals surface area contributed by atoms with Crippen LogP contribution in [0.25, 0.3) is 0 Å². The molecular formula is C36H67N5O6. The quantitative estimate of drug-likeness (QED) is 0.0852. The van der Waals surface area contributed by atoms with Gasteiger partial charge in [-0.2, -0.15) is 0 Å². The average Bonchev–Trinajstić information content (AvgIpc) is 3.02. The summed E-state index contributed by atoms with van der Waals surface area (Å²) in [6.07, 6.45) is 4.65. The topological polar surface area (TPSA) is 139 Å². The molecule has 47 heavy (non-hydrogen) atoms. The highest BCUT2D eigenvalue weighted by atomic mass is 16.3. The Kier molecular flexibility index (Phi) is 20.0. The van der Waals surface area contributed by atoms with Crippen LogP contribution < -0.4 is 10.6 Å². The molecule has 0 aliphatic carbocycles. The molecule has 0 bridgehead atoms. The number of aliphatic hydroxyl groups is 1. The summed E-state index contributed by atoms with van der Waals surface area (Å²) in [5.41, 5.74) is -1.04. The Morgan fingerprint density at radius 3 is 1.98 bits per heavy atom. The molecule has 0 saturated carbocycles. The molecule has 7 unspecified atom stereocenters. The first-order valence-corrected chi connectivity index (χ1v) is 17.4. The minimum absolute atomic E-state index is 0.0283. The zero-order valence-corrected chi connectivity index (χ0v) is 31.5. The number of hydrogen-bond acceptors (Lipinski definition) is 7. The van der Waals surface area contributed by atoms with Gasteiger partial charge in [0.15, 0.2) is 11.9 Å². The molecule has 4 amide bonds. The van der Waals surface area contributed by atoms with Gasteiger partial charge in [0.1, 0.15) is 12.1 Å². The van der Waals surface area contributed by atoms with Crippen molar-refractivity contribution in [2.45, 2.75) is 131 Å². The summed E-state index contributed by atoms with van der Waals surface area (Å²) >= 11 is 0. The molecule has 0 aliphatic rings. The number of carbonyl (C=O) groups excluding carboxylic acids is 5. The molecule has 0 fully saturated rings. The van der Waals surface area contributed by atoms with E-state index in [2.05, 4.69) is 31.1 Å². The highest BCUT2D eigenvalue weighted by Crippen LogP contribution is 2.28. The van der Waals surface area contributed by atoms with Gasteiger partial charge in [0.25, 0.3) is 0 Å². The van der Waals surface area contributed by atoms with E-state index in [9.17, 15) is 29.1 Å². The van der Waals surface area contributed by atoms with Crippen LogP contribution in [-0.2, 0) is 24.0 Å². The van der Waals surface area contributed by atoms with Crippen LogP contribution in [0.1, 0.15) is 107 Å². The number of nitrogens with one attached hydrogen (secondary N) is 2. The molecule has 11 heteroatoms. The van der Waals surface area contributed by atoms with Crippen molar-refractivity contribution in [2.75, 3.05) is 34.3 Å². The number of carbonyl (C=O) groups is 5. The summed E-state index contributed by atoms with van der Waals surface area (Å²) in [5.74, 6) is -0.784. The van der Waals surface area contributed by atoms with Crippen LogP contribution in [0.3, 0.4) is 0 Å². The molecule has 0 heterocycles. The number of amides is 4. The molecule has 3 N–H and O–H groups in total. The molecule has 0 aliphatic heterocycles. The van der Waals surface area contributed by atoms with Crippen molar-refractivity contribution in [1.29, 1.82) is 0 Å². The van der Waals surface area contributed by atoms with Crippen molar-refractivity contribution >= 4 is 29.9 Å². The van der Waals surface area contributed by atoms with Crippen LogP contribution in [0.5, 0.6) is 0 Å². The Bertz CT molecular complexity index is 1040. The molecule has 0 aromatic rings. The average molecular weight is 666 g/mol. The van der Waals surface area contributed by atoms with E-state index >= 15 is 0 Å². The molecule has 0 spiro atoms. The van der Waals surface area contributed by atoms with Gasteiger partial charge in [-0.05, 0) is 69.6 Å². The smallest absolute Gasteiger partial charge is 0.245 e. The van der Waals surface area contributed by atoms with Gasteiger partial charge >= 0.3 is 0 Å². The zero-order valence-electron chi connectivity index (χ0n) is 31.5. The Morgan fingerprint density at radius 2 is 1.53 bits per heavy atom. The molecule has 0 radical (unpaired) electrons. The van der Waals surface area contributed by atoms with Crippen molar-refractivity contribution in [3.63, 3.8) is 0 Å². The predicted octanol–water partition coefficient (Wildman–Crippen LogP) is 3.99. The Hall–Kier alpha value is -2.79. The van der Waals surface area contributed by atoms with E-state index in [1.54, 1.807) is 25.8 Å². The molecule has 11 nitrogen and oxygen atoms in total. The summed E-state index contributed by atoms with van der Waals surface area (Å²) in [6.45, 7) is 21.3. The van der Waals surface area contributed by atoms with Gasteiger partial charge in [-0.25, -0.2) is 0 Å². The lowest BCUT2D eigenvalue weighted by Gasteiger charge is -2.43. The van der Waals surface area contributed by atoms with Gasteiger partial charge in [-0.3, -0.25) is 29.3 Å². The SMILES string of the molecule is C=C(C)C(NC(C=O)(CC(C)C)N(C)C(=O)CN(C)C(=O)C(CC)NC(=O)CC(CC(C)CC)C(C)CCO)C(=O)N(C)C(C)CC. The first-order chi connectivity index (χ1) is 21.8. The summed E-state index contributed by atoms with van der Waals surface area (Å²) in [7, 11) is 4.70. The summed E-state index contributed by atoms with van der Waals surface area (Å²) in [6, 6.07) is -1.78. The standard InChI is InChI=1S/C36H67N5O6/c1-14-26(8)19-29(27(9)17-18-42)20-31(44)37-30(16-3)34(46)39(11)22-32(45)41(13)36(23-43,21-24(4)5)38-33(25(6)7)35(47)40(12)28(10)15-2/h23-24,26-30,33,38,42H,6,14-22H2,1-5,7-13H3,(H,37,44). The minimum atomic E-state index is -1.54. The van der Waals surface area contributed by atoms with Crippen LogP contribution in [0.4, 0.5) is 0 Å². The summed E-state index contributed by atoms with van der Waals surface area (Å²) < 4.78 is 0. The van der Waals surface area contributed by atoms with Crippen molar-refractivity contribution in [3.05, 3.63) is 12.2 Å². The lowest BCUT2D eigenvalue weighted by molar-refractivity contribution is -0.149. The fourth-order valence-electron chi connectivity index (χ4n) is 5.76. The third kappa shape index (κ3) is 13.7. The largest absolute Gasteiger partial charge is 0.396 e. The lowest BCUT2D eigenvalue weighted by Crippen LogP contribution is -2.67. The van der Waals surface area contributed by atoms with Gasteiger partial charge < -0.3 is 25.1 Å². The number of likely N-dealkylation sites (N-methyl/N-ethyl adjacent to an activating group) is 3. The second-order valence-electron chi connectivity index (χ2n) is 14.1. The predicted molar refractivity (Wildman–Crippen MR) is 188 cm³/mol. The number of rotatable bonds is 23. The maximum Gasteiger partial charge on any atom is 0.245 e. The van der Waals surface area contributed by atoms with Gasteiger partial charge in [0.2, 0.25) is 23.6 Å². The van der Waals surface area contributed by atoms with Crippen LogP contribution in [0.15, 0.2) is 12.2 Å². The van der Waals surface area contributed by atoms with E-state index in [0.29, 0.717) is 30.6 Å². The van der Waals surface area contributed by atoms with Crippen molar-refractivity contribution < 1.29 is 29.1 Å². The summed E-state index contributed by atoms with van der Waals surface area (Å²) in [5, 5.41) is 15.5. The van der Waals surface area contributed by atoms with Crippen LogP contribution >= 0.6 is 0 Å². The maximum absolute atomic E-state index is 13.7. The molecule has 0 saturated heterocycles. The number of aliphatic hydroxyl groups excluding tert-OH is 1. The Balaban J connectivity index is 5.98. The normalized spacial score (nSPS) is 16.6. The number of hydrogen-bond donors (Lipinski definition) is 3. The Morgan fingerprint density at radius 1 is 0.936 bits per heavy atom. The lowest BCUT2D eigenvalue weighted by atomic mass is 9.81. The molecule has 272 valence electrons. The van der Waals surface area contributed by atoms with E-state index in [4.69, 9.17) is 0 Å². The van der Waals surface area contributed by atoms with Crippen LogP contribution in [0.2, 0.25) is 0 Å². The fourth-order valence-corrected chi connectivity index (χ4v) is 5.76. The van der Waals surface area contributed by atoms with Crippen LogP contribution in [-0.4, -0.2) is 108 Å². The first-order valence-electron chi connectivity index (χ1n) is 17.4. The minimum Gasteiger partial charge on any atom is -0.396 e. The van der Waals surface area contributed by atoms with E-state index in [0.717, 1.165) is 19.3 Å². The van der Waals surface area contributed by atoms with E-state index in [1.165, 1.54) is 23.9 Å². The third-order valence-electron chi connectivity index (χ3n) is 9.65. The second kappa shape index (κ2) is 21.2. The first kappa shape index (κ1) is 44.2. The maximum atomic E-state index is 13.7. The van der Waals surface area contributed by atoms with Gasteiger partial charge in [0.05, 0.1) is 6.54 Å². The highest BCUT2D eigenvalue weighted by Gasteiger charge is 2.42. The molecular weight excluding hydrogens is 598 g/mol. The van der Waals surface area contributed by atoms with Crippen molar-refractivity contribution in [2.24, 2.45) is 23.7 Å². The van der Waals surface area contributed by atoms with E-state index < -0.39 is 29.6 Å². The van der Waals surface area contributed by atoms with E-state index in [1.807, 2.05) is 34.6 Å². The van der Waals surface area contributed by atoms with Gasteiger partial charge in [0, 0.05) is 40.2 Å². The van der Waals surface area contributed by atoms with Crippen LogP contribution in [0, 0.1) is 23.7 Å². The van der Waals surface area contributed by atoms with Gasteiger partial charge in [-0.1, -0.05) is 67.0 Å². The second-order valence-corrected chi connectivity index (χ2v) is 14.1. The monoisotopic (exact) mass is 666 g/mol. The van der Waals surface area contributed by atoms with Crippen molar-refractivity contribution in [1.82, 2.24) is 25.3 Å². The fraction of sp³-hybridized carbons (Fsp3) is 0.806. The van der Waals surface area contributed by atoms with Gasteiger partial charge in [-0.15, -0.1) is 0 Å². The van der Waals surface area contributed by atoms with E-state index in [-0.39, 0.29) is 61.6 Å². The third-order valence-corrected chi connectivity index (χ3v) is 9.65. The summed E-state index contributed by atoms with van der Waals surface area (Å²) in [4.78, 5) is 70.9. The number of nitrogens with zero attached hydrogens (tertiary/aromatic N) is 3. The van der Waals surface area contributed by atoms with Crippen molar-refractivity contribution in [3.8, 4) is 0 Å². The molecule has 7 atom stereocenters. The molecule has 0 aromatic heterocycles. The number of aldehydes is 1. The Labute approximate surface area is 285 Å². The molecule has 0 aromatic carbocycles. The molecule has 0 rings (SSSR count). The zero-order chi connectivity index (χ0) is 36.6.